The van der Waals surface area contributed by atoms with Gasteiger partial charge in [-0.05, 0) is 79.4 Å². The van der Waals surface area contributed by atoms with Gasteiger partial charge >= 0.3 is 5.97 Å². The molecule has 0 aromatic carbocycles. The van der Waals surface area contributed by atoms with Crippen molar-refractivity contribution in [2.45, 2.75) is 78.2 Å². The Bertz CT molecular complexity index is 684. The van der Waals surface area contributed by atoms with Crippen molar-refractivity contribution in [3.8, 4) is 0 Å². The molecular weight excluding hydrogens is 352 g/mol. The number of allylic oxidation sites excluding steroid dienone is 2. The maximum atomic E-state index is 13.6. The van der Waals surface area contributed by atoms with E-state index in [1.54, 1.807) is 0 Å². The highest BCUT2D eigenvalue weighted by Crippen LogP contribution is 2.65. The topological polar surface area (TPSA) is 74.6 Å². The Kier molecular flexibility index (Phi) is 5.01. The number of carbonyl (C=O) groups is 2. The molecule has 3 saturated carbocycles. The van der Waals surface area contributed by atoms with Crippen molar-refractivity contribution in [2.24, 2.45) is 46.3 Å². The summed E-state index contributed by atoms with van der Waals surface area (Å²) in [7, 11) is 0. The highest BCUT2D eigenvalue weighted by Gasteiger charge is 2.63. The van der Waals surface area contributed by atoms with E-state index in [0.29, 0.717) is 48.2 Å². The number of ketones is 1. The first-order valence-corrected chi connectivity index (χ1v) is 11.3. The molecule has 0 unspecified atom stereocenters. The highest BCUT2D eigenvalue weighted by molar-refractivity contribution is 5.87. The Morgan fingerprint density at radius 2 is 1.96 bits per heavy atom. The molecule has 0 saturated heterocycles. The smallest absolute Gasteiger partial charge is 0.303 e. The fraction of sp³-hybridized carbons (Fsp3) is 0.833. The second kappa shape index (κ2) is 6.97. The van der Waals surface area contributed by atoms with Gasteiger partial charge < -0.3 is 10.2 Å². The summed E-state index contributed by atoms with van der Waals surface area (Å²) >= 11 is 0. The van der Waals surface area contributed by atoms with E-state index in [9.17, 15) is 14.7 Å². The van der Waals surface area contributed by atoms with E-state index in [-0.39, 0.29) is 29.3 Å². The molecule has 0 heterocycles. The van der Waals surface area contributed by atoms with Crippen LogP contribution in [0.3, 0.4) is 0 Å². The normalized spacial score (nSPS) is 48.5. The van der Waals surface area contributed by atoms with Crippen LogP contribution in [0.4, 0.5) is 0 Å². The largest absolute Gasteiger partial charge is 0.481 e. The third-order valence-electron chi connectivity index (χ3n) is 9.57. The second-order valence-electron chi connectivity index (χ2n) is 10.7. The maximum absolute atomic E-state index is 13.6. The zero-order valence-electron chi connectivity index (χ0n) is 17.6. The molecule has 2 N–H and O–H groups in total. The molecule has 156 valence electrons. The van der Waals surface area contributed by atoms with Crippen LogP contribution in [0.25, 0.3) is 0 Å². The monoisotopic (exact) mass is 388 g/mol. The molecule has 9 atom stereocenters. The minimum absolute atomic E-state index is 0.128. The number of aliphatic carboxylic acids is 1. The van der Waals surface area contributed by atoms with Crippen LogP contribution in [-0.2, 0) is 9.59 Å². The number of carbonyl (C=O) groups excluding carboxylic acids is 1. The lowest BCUT2D eigenvalue weighted by Gasteiger charge is -2.58. The van der Waals surface area contributed by atoms with Gasteiger partial charge in [0.1, 0.15) is 5.78 Å². The summed E-state index contributed by atoms with van der Waals surface area (Å²) < 4.78 is 0. The third-order valence-corrected chi connectivity index (χ3v) is 9.57. The quantitative estimate of drug-likeness (QED) is 0.697. The molecule has 0 aromatic heterocycles. The van der Waals surface area contributed by atoms with Gasteiger partial charge in [0.15, 0.2) is 0 Å². The molecule has 0 spiro atoms. The SMILES string of the molecule is C[C@H](CCC(=O)O)[C@H]1CC[C@H]2[C@@H]3C=C[C@@H]4C[C@H](O)CC[C@]4(C)[C@H]3CC(=O)[C@]12C. The van der Waals surface area contributed by atoms with E-state index >= 15 is 0 Å². The van der Waals surface area contributed by atoms with Gasteiger partial charge in [-0.2, -0.15) is 0 Å². The molecule has 28 heavy (non-hydrogen) atoms. The molecule has 0 aliphatic heterocycles. The number of aliphatic hydroxyl groups excluding tert-OH is 1. The lowest BCUT2D eigenvalue weighted by Crippen LogP contribution is -2.56. The van der Waals surface area contributed by atoms with Gasteiger partial charge in [0, 0.05) is 18.3 Å². The van der Waals surface area contributed by atoms with E-state index in [4.69, 9.17) is 5.11 Å². The van der Waals surface area contributed by atoms with Crippen molar-refractivity contribution in [1.82, 2.24) is 0 Å². The van der Waals surface area contributed by atoms with Crippen molar-refractivity contribution < 1.29 is 19.8 Å². The van der Waals surface area contributed by atoms with Gasteiger partial charge in [-0.15, -0.1) is 0 Å². The Balaban J connectivity index is 1.61. The van der Waals surface area contributed by atoms with Gasteiger partial charge in [-0.3, -0.25) is 9.59 Å². The van der Waals surface area contributed by atoms with E-state index in [1.165, 1.54) is 0 Å². The molecule has 4 heteroatoms. The second-order valence-corrected chi connectivity index (χ2v) is 10.7. The standard InChI is InChI=1S/C24H36O4/c1-14(4-9-22(27)28)18-7-8-19-17-6-5-15-12-16(25)10-11-23(15,2)20(17)13-21(26)24(18,19)3/h5-6,14-20,25H,4,7-13H2,1-3H3,(H,27,28)/t14-,15-,16-,17+,18-,19+,20+,23+,24-/m1/s1. The summed E-state index contributed by atoms with van der Waals surface area (Å²) in [6, 6.07) is 0. The average molecular weight is 389 g/mol. The summed E-state index contributed by atoms with van der Waals surface area (Å²) in [6.07, 6.45) is 10.9. The first-order valence-electron chi connectivity index (χ1n) is 11.3. The predicted octanol–water partition coefficient (Wildman–Crippen LogP) is 4.46. The Morgan fingerprint density at radius 1 is 1.21 bits per heavy atom. The Morgan fingerprint density at radius 3 is 2.68 bits per heavy atom. The molecule has 4 aliphatic rings. The molecule has 0 bridgehead atoms. The van der Waals surface area contributed by atoms with E-state index < -0.39 is 5.97 Å². The Hall–Kier alpha value is -1.16. The van der Waals surface area contributed by atoms with Crippen LogP contribution in [0.15, 0.2) is 12.2 Å². The van der Waals surface area contributed by atoms with E-state index in [0.717, 1.165) is 32.1 Å². The first kappa shape index (κ1) is 20.1. The number of aliphatic hydroxyl groups is 1. The molecule has 3 fully saturated rings. The van der Waals surface area contributed by atoms with Crippen LogP contribution in [-0.4, -0.2) is 28.1 Å². The van der Waals surface area contributed by atoms with Crippen LogP contribution in [0, 0.1) is 46.3 Å². The van der Waals surface area contributed by atoms with Crippen molar-refractivity contribution >= 4 is 11.8 Å². The van der Waals surface area contributed by atoms with Gasteiger partial charge in [-0.25, -0.2) is 0 Å². The minimum Gasteiger partial charge on any atom is -0.481 e. The summed E-state index contributed by atoms with van der Waals surface area (Å²) in [5.74, 6) is 1.88. The van der Waals surface area contributed by atoms with Gasteiger partial charge in [0.2, 0.25) is 0 Å². The van der Waals surface area contributed by atoms with Crippen molar-refractivity contribution in [3.05, 3.63) is 12.2 Å². The zero-order chi connectivity index (χ0) is 20.3. The zero-order valence-corrected chi connectivity index (χ0v) is 17.6. The van der Waals surface area contributed by atoms with Crippen LogP contribution >= 0.6 is 0 Å². The molecule has 0 radical (unpaired) electrons. The van der Waals surface area contributed by atoms with Crippen LogP contribution < -0.4 is 0 Å². The van der Waals surface area contributed by atoms with E-state index in [1.807, 2.05) is 0 Å². The fourth-order valence-corrected chi connectivity index (χ4v) is 7.81. The number of carboxylic acid groups (broad SMARTS) is 1. The number of hydrogen-bond acceptors (Lipinski definition) is 3. The lowest BCUT2D eigenvalue weighted by molar-refractivity contribution is -0.149. The molecule has 4 rings (SSSR count). The molecule has 4 aliphatic carbocycles. The minimum atomic E-state index is -0.741. The molecular formula is C24H36O4. The number of Topliss-reactive ketones (excluding diaryl/α,β-unsaturated/α-hetero) is 1. The van der Waals surface area contributed by atoms with Crippen LogP contribution in [0.1, 0.15) is 72.1 Å². The predicted molar refractivity (Wildman–Crippen MR) is 108 cm³/mol. The number of rotatable bonds is 4. The summed E-state index contributed by atoms with van der Waals surface area (Å²) in [6.45, 7) is 6.71. The fourth-order valence-electron chi connectivity index (χ4n) is 7.81. The van der Waals surface area contributed by atoms with Crippen molar-refractivity contribution in [1.29, 1.82) is 0 Å². The van der Waals surface area contributed by atoms with Crippen molar-refractivity contribution in [2.75, 3.05) is 0 Å². The molecule has 4 nitrogen and oxygen atoms in total. The molecule has 0 aromatic rings. The number of hydrogen-bond donors (Lipinski definition) is 2. The van der Waals surface area contributed by atoms with Crippen molar-refractivity contribution in [3.63, 3.8) is 0 Å². The average Bonchev–Trinajstić information content (AvgIpc) is 3.00. The highest BCUT2D eigenvalue weighted by atomic mass is 16.4. The van der Waals surface area contributed by atoms with Gasteiger partial charge in [0.25, 0.3) is 0 Å². The lowest BCUT2D eigenvalue weighted by atomic mass is 9.46. The first-order chi connectivity index (χ1) is 13.2. The van der Waals surface area contributed by atoms with Crippen LogP contribution in [0.5, 0.6) is 0 Å². The summed E-state index contributed by atoms with van der Waals surface area (Å²) in [5, 5.41) is 19.2. The van der Waals surface area contributed by atoms with Gasteiger partial charge in [0.05, 0.1) is 6.10 Å². The summed E-state index contributed by atoms with van der Waals surface area (Å²) in [5.41, 5.74) is -0.177. The summed E-state index contributed by atoms with van der Waals surface area (Å²) in [4.78, 5) is 24.6. The third kappa shape index (κ3) is 2.89. The van der Waals surface area contributed by atoms with Crippen LogP contribution in [0.2, 0.25) is 0 Å². The Labute approximate surface area is 168 Å². The maximum Gasteiger partial charge on any atom is 0.303 e. The van der Waals surface area contributed by atoms with Gasteiger partial charge in [-0.1, -0.05) is 32.9 Å². The molecule has 0 amide bonds. The number of fused-ring (bicyclic) bond motifs is 5. The number of carboxylic acids is 1. The van der Waals surface area contributed by atoms with E-state index in [2.05, 4.69) is 32.9 Å².